The van der Waals surface area contributed by atoms with E-state index in [1.54, 1.807) is 6.07 Å². The van der Waals surface area contributed by atoms with E-state index < -0.39 is 4.92 Å². The monoisotopic (exact) mass is 193 g/mol. The first kappa shape index (κ1) is 8.96. The van der Waals surface area contributed by atoms with E-state index in [0.717, 1.165) is 24.2 Å². The number of fused-ring (bicyclic) bond motifs is 1. The van der Waals surface area contributed by atoms with Crippen LogP contribution >= 0.6 is 0 Å². The average molecular weight is 193 g/mol. The van der Waals surface area contributed by atoms with Crippen LogP contribution < -0.4 is 11.1 Å². The molecular formula is C9H11N3O2. The molecule has 1 unspecified atom stereocenters. The van der Waals surface area contributed by atoms with Gasteiger partial charge in [0, 0.05) is 30.4 Å². The van der Waals surface area contributed by atoms with Gasteiger partial charge in [-0.15, -0.1) is 0 Å². The molecule has 0 spiro atoms. The molecule has 1 atom stereocenters. The van der Waals surface area contributed by atoms with Crippen molar-refractivity contribution in [3.8, 4) is 0 Å². The smallest absolute Gasteiger partial charge is 0.271 e. The third kappa shape index (κ3) is 1.42. The van der Waals surface area contributed by atoms with Gasteiger partial charge in [0.2, 0.25) is 0 Å². The minimum atomic E-state index is -0.401. The molecule has 0 aliphatic carbocycles. The molecule has 2 rings (SSSR count). The highest BCUT2D eigenvalue weighted by Gasteiger charge is 2.18. The lowest BCUT2D eigenvalue weighted by Gasteiger charge is -2.23. The van der Waals surface area contributed by atoms with Crippen LogP contribution in [0.25, 0.3) is 0 Å². The lowest BCUT2D eigenvalue weighted by atomic mass is 9.98. The Bertz CT molecular complexity index is 378. The van der Waals surface area contributed by atoms with Gasteiger partial charge >= 0.3 is 0 Å². The van der Waals surface area contributed by atoms with Gasteiger partial charge in [0.25, 0.3) is 5.69 Å². The Morgan fingerprint density at radius 3 is 3.07 bits per heavy atom. The second-order valence-electron chi connectivity index (χ2n) is 3.35. The third-order valence-electron chi connectivity index (χ3n) is 2.42. The fraction of sp³-hybridized carbons (Fsp3) is 0.333. The number of anilines is 1. The van der Waals surface area contributed by atoms with E-state index >= 15 is 0 Å². The molecule has 74 valence electrons. The lowest BCUT2D eigenvalue weighted by Crippen LogP contribution is -2.22. The molecule has 1 aromatic rings. The Labute approximate surface area is 81.1 Å². The zero-order valence-electron chi connectivity index (χ0n) is 7.56. The predicted octanol–water partition coefficient (Wildman–Crippen LogP) is 1.41. The molecule has 0 radical (unpaired) electrons. The largest absolute Gasteiger partial charge is 0.384 e. The molecule has 0 fully saturated rings. The van der Waals surface area contributed by atoms with E-state index in [-0.39, 0.29) is 11.7 Å². The van der Waals surface area contributed by atoms with Crippen molar-refractivity contribution in [2.45, 2.75) is 12.5 Å². The van der Waals surface area contributed by atoms with Crippen LogP contribution in [0.2, 0.25) is 0 Å². The number of nitrogens with two attached hydrogens (primary N) is 1. The molecule has 5 nitrogen and oxygen atoms in total. The number of rotatable bonds is 1. The molecule has 0 amide bonds. The molecule has 5 heteroatoms. The van der Waals surface area contributed by atoms with Gasteiger partial charge in [-0.05, 0) is 18.1 Å². The first-order chi connectivity index (χ1) is 6.68. The molecule has 0 saturated carbocycles. The van der Waals surface area contributed by atoms with E-state index in [4.69, 9.17) is 5.73 Å². The zero-order valence-corrected chi connectivity index (χ0v) is 7.56. The number of nitrogens with one attached hydrogen (secondary N) is 1. The summed E-state index contributed by atoms with van der Waals surface area (Å²) >= 11 is 0. The third-order valence-corrected chi connectivity index (χ3v) is 2.42. The van der Waals surface area contributed by atoms with Crippen molar-refractivity contribution in [2.75, 3.05) is 11.9 Å². The first-order valence-corrected chi connectivity index (χ1v) is 4.46. The van der Waals surface area contributed by atoms with Crippen molar-refractivity contribution in [3.05, 3.63) is 33.9 Å². The fourth-order valence-electron chi connectivity index (χ4n) is 1.65. The van der Waals surface area contributed by atoms with Crippen LogP contribution in [-0.2, 0) is 0 Å². The first-order valence-electron chi connectivity index (χ1n) is 4.46. The molecule has 1 aliphatic heterocycles. The minimum Gasteiger partial charge on any atom is -0.384 e. The maximum absolute atomic E-state index is 10.5. The van der Waals surface area contributed by atoms with Crippen LogP contribution in [-0.4, -0.2) is 11.5 Å². The molecule has 0 aromatic heterocycles. The summed E-state index contributed by atoms with van der Waals surface area (Å²) in [5.41, 5.74) is 7.71. The maximum atomic E-state index is 10.5. The Morgan fingerprint density at radius 1 is 1.57 bits per heavy atom. The van der Waals surface area contributed by atoms with Gasteiger partial charge in [-0.2, -0.15) is 0 Å². The van der Waals surface area contributed by atoms with Crippen molar-refractivity contribution in [1.82, 2.24) is 0 Å². The summed E-state index contributed by atoms with van der Waals surface area (Å²) in [6.45, 7) is 0.773. The molecule has 0 bridgehead atoms. The molecule has 3 N–H and O–H groups in total. The second kappa shape index (κ2) is 3.26. The van der Waals surface area contributed by atoms with Gasteiger partial charge in [0.05, 0.1) is 4.92 Å². The molecule has 14 heavy (non-hydrogen) atoms. The van der Waals surface area contributed by atoms with Crippen molar-refractivity contribution in [3.63, 3.8) is 0 Å². The molecule has 1 aliphatic rings. The van der Waals surface area contributed by atoms with E-state index in [0.29, 0.717) is 0 Å². The number of nitro benzene ring substituents is 1. The van der Waals surface area contributed by atoms with Crippen LogP contribution in [0, 0.1) is 10.1 Å². The highest BCUT2D eigenvalue weighted by Crippen LogP contribution is 2.30. The highest BCUT2D eigenvalue weighted by molar-refractivity contribution is 5.59. The Morgan fingerprint density at radius 2 is 2.36 bits per heavy atom. The van der Waals surface area contributed by atoms with Crippen molar-refractivity contribution < 1.29 is 4.92 Å². The molecular weight excluding hydrogens is 182 g/mol. The van der Waals surface area contributed by atoms with Crippen molar-refractivity contribution in [2.24, 2.45) is 5.73 Å². The Balaban J connectivity index is 2.44. The normalized spacial score (nSPS) is 19.6. The summed E-state index contributed by atoms with van der Waals surface area (Å²) in [5, 5.41) is 13.6. The van der Waals surface area contributed by atoms with Crippen LogP contribution in [0.1, 0.15) is 18.0 Å². The summed E-state index contributed by atoms with van der Waals surface area (Å²) in [5.74, 6) is 0. The number of non-ortho nitro benzene ring substituents is 1. The number of hydrogen-bond donors (Lipinski definition) is 2. The van der Waals surface area contributed by atoms with Gasteiger partial charge in [-0.1, -0.05) is 0 Å². The molecule has 0 saturated heterocycles. The highest BCUT2D eigenvalue weighted by atomic mass is 16.6. The predicted molar refractivity (Wildman–Crippen MR) is 53.1 cm³/mol. The SMILES string of the molecule is NC1CCNc2cc([N+](=O)[O-])ccc21. The lowest BCUT2D eigenvalue weighted by molar-refractivity contribution is -0.384. The number of nitrogens with zero attached hydrogens (tertiary/aromatic N) is 1. The van der Waals surface area contributed by atoms with E-state index in [1.165, 1.54) is 12.1 Å². The Kier molecular flexibility index (Phi) is 2.09. The second-order valence-corrected chi connectivity index (χ2v) is 3.35. The molecule has 1 aromatic carbocycles. The number of benzene rings is 1. The Hall–Kier alpha value is -1.62. The van der Waals surface area contributed by atoms with Gasteiger partial charge in [0.1, 0.15) is 0 Å². The van der Waals surface area contributed by atoms with Gasteiger partial charge in [-0.3, -0.25) is 10.1 Å². The van der Waals surface area contributed by atoms with E-state index in [9.17, 15) is 10.1 Å². The topological polar surface area (TPSA) is 81.2 Å². The van der Waals surface area contributed by atoms with Crippen LogP contribution in [0.5, 0.6) is 0 Å². The van der Waals surface area contributed by atoms with Crippen molar-refractivity contribution in [1.29, 1.82) is 0 Å². The summed E-state index contributed by atoms with van der Waals surface area (Å²) < 4.78 is 0. The summed E-state index contributed by atoms with van der Waals surface area (Å²) in [6, 6.07) is 4.75. The fourth-order valence-corrected chi connectivity index (χ4v) is 1.65. The quantitative estimate of drug-likeness (QED) is 0.522. The number of nitro groups is 1. The van der Waals surface area contributed by atoms with Crippen LogP contribution in [0.4, 0.5) is 11.4 Å². The average Bonchev–Trinajstić information content (AvgIpc) is 2.17. The summed E-state index contributed by atoms with van der Waals surface area (Å²) in [6.07, 6.45) is 0.866. The van der Waals surface area contributed by atoms with Gasteiger partial charge in [-0.25, -0.2) is 0 Å². The standard InChI is InChI=1S/C9H11N3O2/c10-8-3-4-11-9-5-6(12(13)14)1-2-7(8)9/h1-2,5,8,11H,3-4,10H2. The van der Waals surface area contributed by atoms with Gasteiger partial charge in [0.15, 0.2) is 0 Å². The zero-order chi connectivity index (χ0) is 10.1. The van der Waals surface area contributed by atoms with Crippen molar-refractivity contribution >= 4 is 11.4 Å². The van der Waals surface area contributed by atoms with E-state index in [2.05, 4.69) is 5.32 Å². The van der Waals surface area contributed by atoms with E-state index in [1.807, 2.05) is 0 Å². The maximum Gasteiger partial charge on any atom is 0.271 e. The summed E-state index contributed by atoms with van der Waals surface area (Å²) in [4.78, 5) is 10.1. The van der Waals surface area contributed by atoms with Crippen LogP contribution in [0.3, 0.4) is 0 Å². The summed E-state index contributed by atoms with van der Waals surface area (Å²) in [7, 11) is 0. The van der Waals surface area contributed by atoms with Gasteiger partial charge < -0.3 is 11.1 Å². The van der Waals surface area contributed by atoms with Crippen LogP contribution in [0.15, 0.2) is 18.2 Å². The number of hydrogen-bond acceptors (Lipinski definition) is 4. The minimum absolute atomic E-state index is 0.00736. The molecule has 1 heterocycles.